The fourth-order valence-corrected chi connectivity index (χ4v) is 1.69. The van der Waals surface area contributed by atoms with E-state index in [0.717, 1.165) is 0 Å². The molecule has 18 heavy (non-hydrogen) atoms. The van der Waals surface area contributed by atoms with Gasteiger partial charge in [-0.2, -0.15) is 0 Å². The number of furan rings is 1. The van der Waals surface area contributed by atoms with Crippen molar-refractivity contribution in [1.29, 1.82) is 0 Å². The minimum Gasteiger partial charge on any atom is -0.455 e. The van der Waals surface area contributed by atoms with E-state index < -0.39 is 6.10 Å². The third-order valence-electron chi connectivity index (χ3n) is 2.43. The Labute approximate surface area is 107 Å². The van der Waals surface area contributed by atoms with Crippen LogP contribution in [0.25, 0.3) is 0 Å². The van der Waals surface area contributed by atoms with Crippen LogP contribution in [0, 0.1) is 5.41 Å². The molecule has 1 atom stereocenters. The number of aliphatic hydroxyl groups excluding tert-OH is 1. The topological polar surface area (TPSA) is 88.5 Å². The number of nitrogens with one attached hydrogen (secondary N) is 1. The summed E-state index contributed by atoms with van der Waals surface area (Å²) in [6.07, 6.45) is 0.0670. The van der Waals surface area contributed by atoms with Crippen LogP contribution in [-0.4, -0.2) is 23.7 Å². The lowest BCUT2D eigenvalue weighted by Gasteiger charge is -2.22. The van der Waals surface area contributed by atoms with E-state index >= 15 is 0 Å². The van der Waals surface area contributed by atoms with E-state index in [-0.39, 0.29) is 30.2 Å². The zero-order valence-electron chi connectivity index (χ0n) is 11.2. The molecular weight excluding hydrogens is 232 g/mol. The van der Waals surface area contributed by atoms with Gasteiger partial charge in [0.15, 0.2) is 5.76 Å². The molecule has 1 unspecified atom stereocenters. The van der Waals surface area contributed by atoms with Crippen molar-refractivity contribution in [2.45, 2.75) is 39.8 Å². The minimum absolute atomic E-state index is 0.0293. The molecule has 0 bridgehead atoms. The van der Waals surface area contributed by atoms with Crippen LogP contribution < -0.4 is 11.1 Å². The van der Waals surface area contributed by atoms with Crippen LogP contribution >= 0.6 is 0 Å². The third kappa shape index (κ3) is 4.89. The van der Waals surface area contributed by atoms with Gasteiger partial charge in [-0.3, -0.25) is 4.79 Å². The highest BCUT2D eigenvalue weighted by molar-refractivity contribution is 5.91. The largest absolute Gasteiger partial charge is 0.455 e. The van der Waals surface area contributed by atoms with Crippen molar-refractivity contribution in [3.05, 3.63) is 23.7 Å². The summed E-state index contributed by atoms with van der Waals surface area (Å²) in [5.41, 5.74) is 5.42. The molecule has 0 saturated carbocycles. The molecular formula is C13H22N2O3. The standard InChI is InChI=1S/C13H22N2O3/c1-13(2,3)6-9(16)8-15-12(17)11-5-4-10(7-14)18-11/h4-5,9,16H,6-8,14H2,1-3H3,(H,15,17). The second kappa shape index (κ2) is 6.02. The average Bonchev–Trinajstić information content (AvgIpc) is 2.72. The molecule has 0 aliphatic carbocycles. The van der Waals surface area contributed by atoms with Gasteiger partial charge in [0, 0.05) is 6.54 Å². The van der Waals surface area contributed by atoms with Gasteiger partial charge in [-0.1, -0.05) is 20.8 Å². The first-order valence-corrected chi connectivity index (χ1v) is 6.07. The molecule has 4 N–H and O–H groups in total. The summed E-state index contributed by atoms with van der Waals surface area (Å²) in [7, 11) is 0. The van der Waals surface area contributed by atoms with Crippen LogP contribution in [0.15, 0.2) is 16.5 Å². The molecule has 1 aromatic heterocycles. The Hall–Kier alpha value is -1.33. The molecule has 0 aliphatic heterocycles. The van der Waals surface area contributed by atoms with Crippen LogP contribution in [0.4, 0.5) is 0 Å². The maximum atomic E-state index is 11.7. The first kappa shape index (κ1) is 14.7. The van der Waals surface area contributed by atoms with E-state index in [2.05, 4.69) is 5.32 Å². The highest BCUT2D eigenvalue weighted by Crippen LogP contribution is 2.20. The van der Waals surface area contributed by atoms with E-state index in [1.165, 1.54) is 0 Å². The molecule has 1 heterocycles. The summed E-state index contributed by atoms with van der Waals surface area (Å²) in [6.45, 7) is 6.60. The molecule has 5 nitrogen and oxygen atoms in total. The zero-order chi connectivity index (χ0) is 13.8. The SMILES string of the molecule is CC(C)(C)CC(O)CNC(=O)c1ccc(CN)o1. The van der Waals surface area contributed by atoms with Crippen molar-refractivity contribution in [2.24, 2.45) is 11.1 Å². The van der Waals surface area contributed by atoms with Crippen LogP contribution in [0.5, 0.6) is 0 Å². The van der Waals surface area contributed by atoms with Crippen molar-refractivity contribution in [2.75, 3.05) is 6.54 Å². The van der Waals surface area contributed by atoms with Gasteiger partial charge >= 0.3 is 0 Å². The van der Waals surface area contributed by atoms with Gasteiger partial charge in [-0.05, 0) is 24.0 Å². The lowest BCUT2D eigenvalue weighted by molar-refractivity contribution is 0.0843. The van der Waals surface area contributed by atoms with Gasteiger partial charge in [0.1, 0.15) is 5.76 Å². The third-order valence-corrected chi connectivity index (χ3v) is 2.43. The van der Waals surface area contributed by atoms with Crippen LogP contribution in [0.2, 0.25) is 0 Å². The van der Waals surface area contributed by atoms with Crippen molar-refractivity contribution >= 4 is 5.91 Å². The number of amides is 1. The van der Waals surface area contributed by atoms with E-state index in [9.17, 15) is 9.90 Å². The Morgan fingerprint density at radius 3 is 2.67 bits per heavy atom. The van der Waals surface area contributed by atoms with Gasteiger partial charge in [0.05, 0.1) is 12.6 Å². The summed E-state index contributed by atoms with van der Waals surface area (Å²) in [6, 6.07) is 3.24. The number of hydrogen-bond acceptors (Lipinski definition) is 4. The quantitative estimate of drug-likeness (QED) is 0.738. The van der Waals surface area contributed by atoms with Crippen molar-refractivity contribution < 1.29 is 14.3 Å². The fraction of sp³-hybridized carbons (Fsp3) is 0.615. The molecule has 0 saturated heterocycles. The summed E-state index contributed by atoms with van der Waals surface area (Å²) in [5.74, 6) is 0.455. The van der Waals surface area contributed by atoms with Gasteiger partial charge in [0.2, 0.25) is 0 Å². The minimum atomic E-state index is -0.558. The van der Waals surface area contributed by atoms with Gasteiger partial charge in [-0.15, -0.1) is 0 Å². The fourth-order valence-electron chi connectivity index (χ4n) is 1.69. The summed E-state index contributed by atoms with van der Waals surface area (Å²) in [5, 5.41) is 12.4. The normalized spacial score (nSPS) is 13.4. The predicted molar refractivity (Wildman–Crippen MR) is 69.0 cm³/mol. The predicted octanol–water partition coefficient (Wildman–Crippen LogP) is 1.27. The van der Waals surface area contributed by atoms with Crippen molar-refractivity contribution in [1.82, 2.24) is 5.32 Å². The summed E-state index contributed by atoms with van der Waals surface area (Å²) in [4.78, 5) is 11.7. The van der Waals surface area contributed by atoms with Crippen LogP contribution in [0.1, 0.15) is 43.5 Å². The first-order valence-electron chi connectivity index (χ1n) is 6.07. The molecule has 0 aliphatic rings. The van der Waals surface area contributed by atoms with Crippen molar-refractivity contribution in [3.8, 4) is 0 Å². The molecule has 1 rings (SSSR count). The number of carbonyl (C=O) groups excluding carboxylic acids is 1. The monoisotopic (exact) mass is 254 g/mol. The maximum absolute atomic E-state index is 11.7. The van der Waals surface area contributed by atoms with E-state index in [4.69, 9.17) is 10.2 Å². The second-order valence-electron chi connectivity index (χ2n) is 5.60. The lowest BCUT2D eigenvalue weighted by atomic mass is 9.89. The maximum Gasteiger partial charge on any atom is 0.287 e. The second-order valence-corrected chi connectivity index (χ2v) is 5.60. The number of aliphatic hydroxyl groups is 1. The Bertz CT molecular complexity index is 393. The molecule has 0 radical (unpaired) electrons. The van der Waals surface area contributed by atoms with Gasteiger partial charge < -0.3 is 20.6 Å². The number of rotatable bonds is 5. The smallest absolute Gasteiger partial charge is 0.287 e. The molecule has 1 aromatic rings. The average molecular weight is 254 g/mol. The van der Waals surface area contributed by atoms with E-state index in [0.29, 0.717) is 12.2 Å². The molecule has 0 spiro atoms. The van der Waals surface area contributed by atoms with Crippen LogP contribution in [-0.2, 0) is 6.54 Å². The molecule has 0 aromatic carbocycles. The Morgan fingerprint density at radius 2 is 2.17 bits per heavy atom. The van der Waals surface area contributed by atoms with Gasteiger partial charge in [0.25, 0.3) is 5.91 Å². The highest BCUT2D eigenvalue weighted by atomic mass is 16.4. The Balaban J connectivity index is 2.41. The number of carbonyl (C=O) groups is 1. The Kier molecular flexibility index (Phi) is 4.93. The van der Waals surface area contributed by atoms with Crippen molar-refractivity contribution in [3.63, 3.8) is 0 Å². The highest BCUT2D eigenvalue weighted by Gasteiger charge is 2.18. The summed E-state index contributed by atoms with van der Waals surface area (Å²) >= 11 is 0. The molecule has 102 valence electrons. The van der Waals surface area contributed by atoms with Crippen LogP contribution in [0.3, 0.4) is 0 Å². The molecule has 1 amide bonds. The molecule has 5 heteroatoms. The summed E-state index contributed by atoms with van der Waals surface area (Å²) < 4.78 is 5.21. The number of nitrogens with two attached hydrogens (primary N) is 1. The molecule has 0 fully saturated rings. The Morgan fingerprint density at radius 1 is 1.50 bits per heavy atom. The lowest BCUT2D eigenvalue weighted by Crippen LogP contribution is -2.34. The first-order chi connectivity index (χ1) is 8.31. The number of hydrogen-bond donors (Lipinski definition) is 3. The van der Waals surface area contributed by atoms with Gasteiger partial charge in [-0.25, -0.2) is 0 Å². The zero-order valence-corrected chi connectivity index (χ0v) is 11.2. The van der Waals surface area contributed by atoms with E-state index in [1.807, 2.05) is 20.8 Å². The van der Waals surface area contributed by atoms with E-state index in [1.54, 1.807) is 12.1 Å².